The van der Waals surface area contributed by atoms with Crippen molar-refractivity contribution in [1.29, 1.82) is 0 Å². The van der Waals surface area contributed by atoms with E-state index in [-0.39, 0.29) is 5.91 Å². The van der Waals surface area contributed by atoms with Crippen LogP contribution in [0.4, 0.5) is 5.69 Å². The number of benzene rings is 1. The quantitative estimate of drug-likeness (QED) is 0.836. The molecule has 3 nitrogen and oxygen atoms in total. The van der Waals surface area contributed by atoms with E-state index in [0.29, 0.717) is 13.0 Å². The lowest BCUT2D eigenvalue weighted by Gasteiger charge is -2.15. The van der Waals surface area contributed by atoms with Crippen molar-refractivity contribution in [1.82, 2.24) is 4.90 Å². The first kappa shape index (κ1) is 10.5. The summed E-state index contributed by atoms with van der Waals surface area (Å²) < 4.78 is 0.962. The van der Waals surface area contributed by atoms with Gasteiger partial charge in [-0.25, -0.2) is 0 Å². The highest BCUT2D eigenvalue weighted by atomic mass is 79.9. The van der Waals surface area contributed by atoms with Crippen molar-refractivity contribution in [3.63, 3.8) is 0 Å². The average molecular weight is 269 g/mol. The van der Waals surface area contributed by atoms with Crippen molar-refractivity contribution in [2.24, 2.45) is 0 Å². The van der Waals surface area contributed by atoms with Gasteiger partial charge in [0.1, 0.15) is 0 Å². The van der Waals surface area contributed by atoms with Crippen LogP contribution >= 0.6 is 15.9 Å². The zero-order valence-corrected chi connectivity index (χ0v) is 9.96. The van der Waals surface area contributed by atoms with E-state index in [2.05, 4.69) is 15.9 Å². The summed E-state index contributed by atoms with van der Waals surface area (Å²) in [5.74, 6) is 0.244. The minimum absolute atomic E-state index is 0.244. The molecule has 2 N–H and O–H groups in total. The summed E-state index contributed by atoms with van der Waals surface area (Å²) in [6, 6.07) is 5.77. The summed E-state index contributed by atoms with van der Waals surface area (Å²) >= 11 is 3.39. The maximum atomic E-state index is 11.4. The van der Waals surface area contributed by atoms with Crippen LogP contribution in [-0.4, -0.2) is 17.4 Å². The monoisotopic (exact) mass is 268 g/mol. The Labute approximate surface area is 97.4 Å². The van der Waals surface area contributed by atoms with E-state index in [1.807, 2.05) is 23.1 Å². The van der Waals surface area contributed by atoms with Gasteiger partial charge in [-0.1, -0.05) is 15.9 Å². The van der Waals surface area contributed by atoms with Crippen LogP contribution in [0.1, 0.15) is 18.4 Å². The summed E-state index contributed by atoms with van der Waals surface area (Å²) in [5, 5.41) is 0. The summed E-state index contributed by atoms with van der Waals surface area (Å²) in [6.07, 6.45) is 1.66. The number of likely N-dealkylation sites (tertiary alicyclic amines) is 1. The highest BCUT2D eigenvalue weighted by Gasteiger charge is 2.19. The van der Waals surface area contributed by atoms with Gasteiger partial charge in [0.2, 0.25) is 5.91 Å². The van der Waals surface area contributed by atoms with Crippen LogP contribution in [0.2, 0.25) is 0 Å². The zero-order chi connectivity index (χ0) is 10.8. The molecule has 1 amide bonds. The molecule has 1 fully saturated rings. The predicted molar refractivity (Wildman–Crippen MR) is 63.2 cm³/mol. The molecule has 0 aromatic heterocycles. The molecule has 2 rings (SSSR count). The minimum atomic E-state index is 0.244. The summed E-state index contributed by atoms with van der Waals surface area (Å²) in [6.45, 7) is 1.54. The fourth-order valence-corrected chi connectivity index (χ4v) is 2.42. The van der Waals surface area contributed by atoms with Crippen molar-refractivity contribution < 1.29 is 4.79 Å². The van der Waals surface area contributed by atoms with Crippen molar-refractivity contribution in [3.8, 4) is 0 Å². The Morgan fingerprint density at radius 2 is 2.20 bits per heavy atom. The molecule has 0 radical (unpaired) electrons. The van der Waals surface area contributed by atoms with Gasteiger partial charge in [-0.3, -0.25) is 4.79 Å². The number of halogens is 1. The van der Waals surface area contributed by atoms with Gasteiger partial charge in [0.05, 0.1) is 0 Å². The highest BCUT2D eigenvalue weighted by Crippen LogP contribution is 2.20. The van der Waals surface area contributed by atoms with Gasteiger partial charge in [0, 0.05) is 29.7 Å². The number of nitrogen functional groups attached to an aromatic ring is 1. The molecule has 0 saturated carbocycles. The maximum Gasteiger partial charge on any atom is 0.222 e. The minimum Gasteiger partial charge on any atom is -0.399 e. The second-order valence-corrected chi connectivity index (χ2v) is 4.73. The number of hydrogen-bond donors (Lipinski definition) is 1. The SMILES string of the molecule is Nc1cc(Br)cc(CN2CCCC2=O)c1. The lowest BCUT2D eigenvalue weighted by atomic mass is 10.2. The standard InChI is InChI=1S/C11H13BrN2O/c12-9-4-8(5-10(13)6-9)7-14-3-1-2-11(14)15/h4-6H,1-3,7,13H2. The van der Waals surface area contributed by atoms with Crippen LogP contribution in [0.3, 0.4) is 0 Å². The molecule has 1 aromatic carbocycles. The first-order valence-corrected chi connectivity index (χ1v) is 5.77. The molecule has 0 aliphatic carbocycles. The molecular formula is C11H13BrN2O. The number of hydrogen-bond acceptors (Lipinski definition) is 2. The van der Waals surface area contributed by atoms with Crippen molar-refractivity contribution in [2.45, 2.75) is 19.4 Å². The Kier molecular flexibility index (Phi) is 2.95. The van der Waals surface area contributed by atoms with Crippen LogP contribution in [0.25, 0.3) is 0 Å². The third kappa shape index (κ3) is 2.50. The molecule has 4 heteroatoms. The van der Waals surface area contributed by atoms with Gasteiger partial charge in [-0.2, -0.15) is 0 Å². The smallest absolute Gasteiger partial charge is 0.222 e. The third-order valence-corrected chi connectivity index (χ3v) is 2.98. The zero-order valence-electron chi connectivity index (χ0n) is 8.37. The Bertz CT molecular complexity index is 372. The van der Waals surface area contributed by atoms with E-state index < -0.39 is 0 Å². The summed E-state index contributed by atoms with van der Waals surface area (Å²) in [4.78, 5) is 13.3. The molecule has 1 aliphatic heterocycles. The Morgan fingerprint density at radius 3 is 2.80 bits per heavy atom. The molecule has 0 spiro atoms. The second kappa shape index (κ2) is 4.23. The van der Waals surface area contributed by atoms with Gasteiger partial charge >= 0.3 is 0 Å². The molecule has 15 heavy (non-hydrogen) atoms. The Hall–Kier alpha value is -1.03. The molecule has 0 unspecified atom stereocenters. The normalized spacial score (nSPS) is 16.1. The number of anilines is 1. The fourth-order valence-electron chi connectivity index (χ4n) is 1.86. The third-order valence-electron chi connectivity index (χ3n) is 2.52. The van der Waals surface area contributed by atoms with Crippen LogP contribution < -0.4 is 5.73 Å². The largest absolute Gasteiger partial charge is 0.399 e. The van der Waals surface area contributed by atoms with Crippen molar-refractivity contribution >= 4 is 27.5 Å². The van der Waals surface area contributed by atoms with Gasteiger partial charge in [-0.05, 0) is 30.2 Å². The summed E-state index contributed by atoms with van der Waals surface area (Å²) in [5.41, 5.74) is 7.54. The summed E-state index contributed by atoms with van der Waals surface area (Å²) in [7, 11) is 0. The first-order chi connectivity index (χ1) is 7.15. The highest BCUT2D eigenvalue weighted by molar-refractivity contribution is 9.10. The Morgan fingerprint density at radius 1 is 1.40 bits per heavy atom. The van der Waals surface area contributed by atoms with E-state index in [1.165, 1.54) is 0 Å². The molecular weight excluding hydrogens is 256 g/mol. The molecule has 0 bridgehead atoms. The van der Waals surface area contributed by atoms with Gasteiger partial charge in [0.25, 0.3) is 0 Å². The fraction of sp³-hybridized carbons (Fsp3) is 0.364. The van der Waals surface area contributed by atoms with E-state index in [4.69, 9.17) is 5.73 Å². The van der Waals surface area contributed by atoms with E-state index >= 15 is 0 Å². The van der Waals surface area contributed by atoms with Gasteiger partial charge in [-0.15, -0.1) is 0 Å². The average Bonchev–Trinajstić information content (AvgIpc) is 2.50. The number of rotatable bonds is 2. The van der Waals surface area contributed by atoms with Crippen molar-refractivity contribution in [2.75, 3.05) is 12.3 Å². The number of nitrogens with two attached hydrogens (primary N) is 1. The van der Waals surface area contributed by atoms with Crippen molar-refractivity contribution in [3.05, 3.63) is 28.2 Å². The molecule has 1 aliphatic rings. The van der Waals surface area contributed by atoms with Crippen LogP contribution in [-0.2, 0) is 11.3 Å². The molecule has 1 saturated heterocycles. The number of amides is 1. The first-order valence-electron chi connectivity index (χ1n) is 4.98. The van der Waals surface area contributed by atoms with E-state index in [1.54, 1.807) is 0 Å². The molecule has 1 heterocycles. The van der Waals surface area contributed by atoms with Crippen LogP contribution in [0, 0.1) is 0 Å². The Balaban J connectivity index is 2.13. The number of nitrogens with zero attached hydrogens (tertiary/aromatic N) is 1. The van der Waals surface area contributed by atoms with Gasteiger partial charge in [0.15, 0.2) is 0 Å². The molecule has 1 aromatic rings. The topological polar surface area (TPSA) is 46.3 Å². The predicted octanol–water partition coefficient (Wildman–Crippen LogP) is 2.15. The molecule has 80 valence electrons. The van der Waals surface area contributed by atoms with Gasteiger partial charge < -0.3 is 10.6 Å². The molecule has 0 atom stereocenters. The lowest BCUT2D eigenvalue weighted by Crippen LogP contribution is -2.23. The second-order valence-electron chi connectivity index (χ2n) is 3.81. The maximum absolute atomic E-state index is 11.4. The number of carbonyl (C=O) groups excluding carboxylic acids is 1. The van der Waals surface area contributed by atoms with E-state index in [0.717, 1.165) is 28.7 Å². The number of carbonyl (C=O) groups is 1. The van der Waals surface area contributed by atoms with E-state index in [9.17, 15) is 4.79 Å². The lowest BCUT2D eigenvalue weighted by molar-refractivity contribution is -0.128. The van der Waals surface area contributed by atoms with Crippen LogP contribution in [0.5, 0.6) is 0 Å². The van der Waals surface area contributed by atoms with Crippen LogP contribution in [0.15, 0.2) is 22.7 Å².